The van der Waals surface area contributed by atoms with Crippen LogP contribution in [-0.4, -0.2) is 25.6 Å². The summed E-state index contributed by atoms with van der Waals surface area (Å²) in [5.74, 6) is -0.781. The number of ether oxygens (including phenoxy) is 1. The fraction of sp³-hybridized carbons (Fsp3) is 0.278. The molecular weight excluding hydrogens is 375 g/mol. The van der Waals surface area contributed by atoms with Crippen LogP contribution in [-0.2, 0) is 4.79 Å². The lowest BCUT2D eigenvalue weighted by molar-refractivity contribution is -0.118. The summed E-state index contributed by atoms with van der Waals surface area (Å²) in [6, 6.07) is 12.2. The zero-order valence-corrected chi connectivity index (χ0v) is 14.7. The van der Waals surface area contributed by atoms with Crippen molar-refractivity contribution >= 4 is 33.2 Å². The van der Waals surface area contributed by atoms with Crippen LogP contribution in [0.1, 0.15) is 12.8 Å². The van der Waals surface area contributed by atoms with Crippen molar-refractivity contribution in [1.82, 2.24) is 0 Å². The van der Waals surface area contributed by atoms with Gasteiger partial charge >= 0.3 is 0 Å². The van der Waals surface area contributed by atoms with E-state index in [0.717, 1.165) is 13.1 Å². The molecule has 6 heteroatoms. The molecule has 1 aliphatic rings. The number of carbonyl (C=O) groups is 1. The first-order chi connectivity index (χ1) is 11.6. The van der Waals surface area contributed by atoms with Gasteiger partial charge in [-0.2, -0.15) is 0 Å². The third-order valence-electron chi connectivity index (χ3n) is 3.87. The molecule has 1 N–H and O–H groups in total. The molecule has 126 valence electrons. The van der Waals surface area contributed by atoms with Crippen molar-refractivity contribution in [1.29, 1.82) is 0 Å². The fourth-order valence-corrected chi connectivity index (χ4v) is 3.00. The van der Waals surface area contributed by atoms with Gasteiger partial charge in [0.2, 0.25) is 0 Å². The maximum Gasteiger partial charge on any atom is 0.262 e. The summed E-state index contributed by atoms with van der Waals surface area (Å²) in [6.07, 6.45) is 2.45. The molecule has 0 aromatic heterocycles. The minimum atomic E-state index is -0.507. The number of halogens is 2. The zero-order chi connectivity index (χ0) is 16.9. The predicted octanol–water partition coefficient (Wildman–Crippen LogP) is 4.21. The highest BCUT2D eigenvalue weighted by atomic mass is 79.9. The molecule has 1 saturated heterocycles. The van der Waals surface area contributed by atoms with Gasteiger partial charge in [0.05, 0.1) is 0 Å². The number of rotatable bonds is 5. The summed E-state index contributed by atoms with van der Waals surface area (Å²) >= 11 is 3.17. The van der Waals surface area contributed by atoms with Gasteiger partial charge in [0.15, 0.2) is 18.2 Å². The van der Waals surface area contributed by atoms with Crippen LogP contribution in [0.15, 0.2) is 46.9 Å². The number of nitrogens with one attached hydrogen (secondary N) is 1. The van der Waals surface area contributed by atoms with Gasteiger partial charge in [-0.1, -0.05) is 15.9 Å². The second kappa shape index (κ2) is 7.66. The third-order valence-corrected chi connectivity index (χ3v) is 4.37. The monoisotopic (exact) mass is 392 g/mol. The molecule has 0 bridgehead atoms. The van der Waals surface area contributed by atoms with Crippen molar-refractivity contribution in [2.75, 3.05) is 29.9 Å². The molecular formula is C18H18BrFN2O2. The molecule has 3 rings (SSSR count). The first-order valence-corrected chi connectivity index (χ1v) is 8.64. The topological polar surface area (TPSA) is 41.6 Å². The lowest BCUT2D eigenvalue weighted by atomic mass is 10.2. The predicted molar refractivity (Wildman–Crippen MR) is 96.1 cm³/mol. The van der Waals surface area contributed by atoms with Crippen LogP contribution in [0.4, 0.5) is 15.8 Å². The summed E-state index contributed by atoms with van der Waals surface area (Å²) < 4.78 is 19.5. The van der Waals surface area contributed by atoms with E-state index >= 15 is 0 Å². The number of benzene rings is 2. The molecule has 0 aliphatic carbocycles. The minimum Gasteiger partial charge on any atom is -0.481 e. The maximum absolute atomic E-state index is 13.6. The van der Waals surface area contributed by atoms with E-state index in [2.05, 4.69) is 26.1 Å². The van der Waals surface area contributed by atoms with Gasteiger partial charge in [0, 0.05) is 28.9 Å². The van der Waals surface area contributed by atoms with Gasteiger partial charge in [-0.15, -0.1) is 0 Å². The van der Waals surface area contributed by atoms with Crippen LogP contribution < -0.4 is 15.0 Å². The van der Waals surface area contributed by atoms with E-state index in [1.807, 2.05) is 24.3 Å². The van der Waals surface area contributed by atoms with Gasteiger partial charge < -0.3 is 15.0 Å². The Bertz CT molecular complexity index is 715. The number of carbonyl (C=O) groups excluding carboxylic acids is 1. The van der Waals surface area contributed by atoms with Crippen LogP contribution in [0.3, 0.4) is 0 Å². The van der Waals surface area contributed by atoms with Gasteiger partial charge in [-0.05, 0) is 55.3 Å². The Labute approximate surface area is 148 Å². The Morgan fingerprint density at radius 2 is 1.88 bits per heavy atom. The van der Waals surface area contributed by atoms with Crippen molar-refractivity contribution in [2.24, 2.45) is 0 Å². The summed E-state index contributed by atoms with van der Waals surface area (Å²) in [7, 11) is 0. The van der Waals surface area contributed by atoms with Crippen LogP contribution in [0.5, 0.6) is 5.75 Å². The van der Waals surface area contributed by atoms with E-state index in [-0.39, 0.29) is 18.3 Å². The summed E-state index contributed by atoms with van der Waals surface area (Å²) in [4.78, 5) is 14.3. The Kier molecular flexibility index (Phi) is 5.35. The standard InChI is InChI=1S/C18H18BrFN2O2/c19-13-3-8-17(16(20)11-13)24-12-18(23)21-14-4-6-15(7-5-14)22-9-1-2-10-22/h3-8,11H,1-2,9-10,12H2,(H,21,23). The van der Waals surface area contributed by atoms with E-state index in [0.29, 0.717) is 10.2 Å². The number of hydrogen-bond donors (Lipinski definition) is 1. The maximum atomic E-state index is 13.6. The summed E-state index contributed by atoms with van der Waals surface area (Å²) in [6.45, 7) is 1.92. The Morgan fingerprint density at radius 1 is 1.17 bits per heavy atom. The van der Waals surface area contributed by atoms with Crippen LogP contribution in [0, 0.1) is 5.82 Å². The van der Waals surface area contributed by atoms with Gasteiger partial charge in [-0.25, -0.2) is 4.39 Å². The largest absolute Gasteiger partial charge is 0.481 e. The normalized spacial score (nSPS) is 13.8. The van der Waals surface area contributed by atoms with Crippen LogP contribution in [0.25, 0.3) is 0 Å². The number of hydrogen-bond acceptors (Lipinski definition) is 3. The summed E-state index contributed by atoms with van der Waals surface area (Å²) in [5.41, 5.74) is 1.86. The second-order valence-electron chi connectivity index (χ2n) is 5.65. The van der Waals surface area contributed by atoms with Crippen molar-refractivity contribution in [3.63, 3.8) is 0 Å². The van der Waals surface area contributed by atoms with Crippen molar-refractivity contribution < 1.29 is 13.9 Å². The molecule has 1 fully saturated rings. The molecule has 0 spiro atoms. The molecule has 2 aromatic carbocycles. The number of nitrogens with zero attached hydrogens (tertiary/aromatic N) is 1. The highest BCUT2D eigenvalue weighted by Gasteiger charge is 2.12. The highest BCUT2D eigenvalue weighted by Crippen LogP contribution is 2.23. The average Bonchev–Trinajstić information content (AvgIpc) is 3.09. The lowest BCUT2D eigenvalue weighted by Gasteiger charge is -2.17. The molecule has 0 radical (unpaired) electrons. The number of anilines is 2. The van der Waals surface area contributed by atoms with E-state index in [1.165, 1.54) is 30.7 Å². The van der Waals surface area contributed by atoms with Crippen molar-refractivity contribution in [3.8, 4) is 5.75 Å². The van der Waals surface area contributed by atoms with Gasteiger partial charge in [0.1, 0.15) is 0 Å². The molecule has 0 atom stereocenters. The van der Waals surface area contributed by atoms with Crippen LogP contribution >= 0.6 is 15.9 Å². The smallest absolute Gasteiger partial charge is 0.262 e. The first kappa shape index (κ1) is 16.8. The Morgan fingerprint density at radius 3 is 2.54 bits per heavy atom. The van der Waals surface area contributed by atoms with Gasteiger partial charge in [-0.3, -0.25) is 4.79 Å². The fourth-order valence-electron chi connectivity index (χ4n) is 2.66. The Balaban J connectivity index is 1.52. The third kappa shape index (κ3) is 4.26. The second-order valence-corrected chi connectivity index (χ2v) is 6.57. The van der Waals surface area contributed by atoms with Crippen molar-refractivity contribution in [3.05, 3.63) is 52.8 Å². The van der Waals surface area contributed by atoms with E-state index in [4.69, 9.17) is 4.74 Å². The Hall–Kier alpha value is -2.08. The van der Waals surface area contributed by atoms with Gasteiger partial charge in [0.25, 0.3) is 5.91 Å². The lowest BCUT2D eigenvalue weighted by Crippen LogP contribution is -2.21. The molecule has 0 saturated carbocycles. The minimum absolute atomic E-state index is 0.0535. The first-order valence-electron chi connectivity index (χ1n) is 7.84. The molecule has 0 unspecified atom stereocenters. The molecule has 4 nitrogen and oxygen atoms in total. The molecule has 1 aliphatic heterocycles. The highest BCUT2D eigenvalue weighted by molar-refractivity contribution is 9.10. The SMILES string of the molecule is O=C(COc1ccc(Br)cc1F)Nc1ccc(N2CCCC2)cc1. The van der Waals surface area contributed by atoms with E-state index < -0.39 is 5.82 Å². The summed E-state index contributed by atoms with van der Waals surface area (Å²) in [5, 5.41) is 2.75. The molecule has 24 heavy (non-hydrogen) atoms. The van der Waals surface area contributed by atoms with Crippen molar-refractivity contribution in [2.45, 2.75) is 12.8 Å². The van der Waals surface area contributed by atoms with E-state index in [1.54, 1.807) is 6.07 Å². The molecule has 2 aromatic rings. The van der Waals surface area contributed by atoms with E-state index in [9.17, 15) is 9.18 Å². The zero-order valence-electron chi connectivity index (χ0n) is 13.1. The van der Waals surface area contributed by atoms with Crippen LogP contribution in [0.2, 0.25) is 0 Å². The average molecular weight is 393 g/mol. The number of amides is 1. The quantitative estimate of drug-likeness (QED) is 0.828. The molecule has 1 amide bonds. The molecule has 1 heterocycles.